The van der Waals surface area contributed by atoms with Crippen LogP contribution in [-0.2, 0) is 0 Å². The van der Waals surface area contributed by atoms with E-state index in [0.29, 0.717) is 0 Å². The third-order valence-corrected chi connectivity index (χ3v) is 12.1. The van der Waals surface area contributed by atoms with Crippen molar-refractivity contribution in [2.24, 2.45) is 0 Å². The molecule has 0 atom stereocenters. The van der Waals surface area contributed by atoms with Gasteiger partial charge in [0.2, 0.25) is 0 Å². The highest BCUT2D eigenvalue weighted by Crippen LogP contribution is 2.45. The van der Waals surface area contributed by atoms with Gasteiger partial charge in [0.25, 0.3) is 0 Å². The van der Waals surface area contributed by atoms with Crippen molar-refractivity contribution in [2.45, 2.75) is 0 Å². The Morgan fingerprint density at radius 3 is 1.31 bits per heavy atom. The van der Waals surface area contributed by atoms with E-state index in [9.17, 15) is 0 Å². The van der Waals surface area contributed by atoms with Crippen LogP contribution in [0.5, 0.6) is 0 Å². The molecule has 0 radical (unpaired) electrons. The SMILES string of the molecule is c1ccc2cc(-c3c4ccccc4c(-c4ccc(-c5ccc6c(ccc7c8ccc9ccccc9c8sc67)c5)cc4)c4ccccc34)ccc2c1. The summed E-state index contributed by atoms with van der Waals surface area (Å²) in [7, 11) is 0. The normalized spacial score (nSPS) is 11.9. The summed E-state index contributed by atoms with van der Waals surface area (Å²) in [5.74, 6) is 0. The highest BCUT2D eigenvalue weighted by molar-refractivity contribution is 7.27. The lowest BCUT2D eigenvalue weighted by Gasteiger charge is -2.18. The van der Waals surface area contributed by atoms with Crippen molar-refractivity contribution in [3.8, 4) is 33.4 Å². The summed E-state index contributed by atoms with van der Waals surface area (Å²) in [5, 5.41) is 15.6. The summed E-state index contributed by atoms with van der Waals surface area (Å²) in [5.41, 5.74) is 7.53. The summed E-state index contributed by atoms with van der Waals surface area (Å²) >= 11 is 1.92. The largest absolute Gasteiger partial charge is 0.134 e. The van der Waals surface area contributed by atoms with E-state index in [2.05, 4.69) is 182 Å². The average Bonchev–Trinajstić information content (AvgIpc) is 3.59. The smallest absolute Gasteiger partial charge is 0.0434 e. The van der Waals surface area contributed by atoms with Gasteiger partial charge < -0.3 is 0 Å². The number of benzene rings is 10. The molecule has 0 amide bonds. The number of rotatable bonds is 3. The zero-order valence-corrected chi connectivity index (χ0v) is 28.5. The lowest BCUT2D eigenvalue weighted by Crippen LogP contribution is -1.91. The Kier molecular flexibility index (Phi) is 6.22. The van der Waals surface area contributed by atoms with E-state index >= 15 is 0 Å². The Morgan fingerprint density at radius 1 is 0.235 bits per heavy atom. The Hall–Kier alpha value is -6.28. The Labute approximate surface area is 299 Å². The van der Waals surface area contributed by atoms with Crippen LogP contribution in [0.2, 0.25) is 0 Å². The van der Waals surface area contributed by atoms with E-state index in [1.165, 1.54) is 107 Å². The molecule has 10 aromatic carbocycles. The van der Waals surface area contributed by atoms with Crippen molar-refractivity contribution in [2.75, 3.05) is 0 Å². The molecule has 51 heavy (non-hydrogen) atoms. The summed E-state index contributed by atoms with van der Waals surface area (Å²) in [4.78, 5) is 0. The van der Waals surface area contributed by atoms with E-state index in [1.54, 1.807) is 0 Å². The third-order valence-electron chi connectivity index (χ3n) is 10.8. The van der Waals surface area contributed by atoms with Crippen molar-refractivity contribution >= 4 is 85.4 Å². The highest BCUT2D eigenvalue weighted by atomic mass is 32.1. The summed E-state index contributed by atoms with van der Waals surface area (Å²) < 4.78 is 2.74. The van der Waals surface area contributed by atoms with Gasteiger partial charge in [-0.15, -0.1) is 11.3 Å². The van der Waals surface area contributed by atoms with Gasteiger partial charge in [-0.25, -0.2) is 0 Å². The van der Waals surface area contributed by atoms with Gasteiger partial charge in [0.05, 0.1) is 0 Å². The second kappa shape index (κ2) is 11.1. The monoisotopic (exact) mass is 662 g/mol. The fourth-order valence-electron chi connectivity index (χ4n) is 8.39. The fourth-order valence-corrected chi connectivity index (χ4v) is 9.77. The van der Waals surface area contributed by atoms with Crippen LogP contribution in [0, 0.1) is 0 Å². The standard InChI is InChI=1S/C50H30S/c1-2-11-35-30-38(22-19-31(35)9-1)48-43-15-7-5-13-41(43)47(42-14-6-8-16-44(42)48)34-20-17-32(18-21-34)36-24-26-40-37(29-36)25-28-46-45-27-23-33-10-3-4-12-39(33)49(45)51-50(40)46/h1-30H. The van der Waals surface area contributed by atoms with Crippen molar-refractivity contribution in [3.63, 3.8) is 0 Å². The van der Waals surface area contributed by atoms with Crippen LogP contribution in [0.25, 0.3) is 107 Å². The second-order valence-corrected chi connectivity index (χ2v) is 14.6. The second-order valence-electron chi connectivity index (χ2n) is 13.6. The maximum atomic E-state index is 2.36. The van der Waals surface area contributed by atoms with E-state index in [1.807, 2.05) is 11.3 Å². The molecule has 236 valence electrons. The molecule has 0 aliphatic carbocycles. The first-order chi connectivity index (χ1) is 25.3. The highest BCUT2D eigenvalue weighted by Gasteiger charge is 2.17. The molecule has 0 nitrogen and oxygen atoms in total. The lowest BCUT2D eigenvalue weighted by atomic mass is 9.85. The number of fused-ring (bicyclic) bond motifs is 10. The Balaban J connectivity index is 1.03. The first-order valence-corrected chi connectivity index (χ1v) is 18.4. The minimum absolute atomic E-state index is 1.23. The van der Waals surface area contributed by atoms with Crippen LogP contribution in [-0.4, -0.2) is 0 Å². The van der Waals surface area contributed by atoms with Crippen LogP contribution in [0.3, 0.4) is 0 Å². The number of hydrogen-bond acceptors (Lipinski definition) is 1. The van der Waals surface area contributed by atoms with E-state index in [4.69, 9.17) is 0 Å². The molecule has 0 N–H and O–H groups in total. The quantitative estimate of drug-likeness (QED) is 0.165. The molecule has 1 aromatic heterocycles. The van der Waals surface area contributed by atoms with Gasteiger partial charge >= 0.3 is 0 Å². The van der Waals surface area contributed by atoms with Crippen molar-refractivity contribution < 1.29 is 0 Å². The van der Waals surface area contributed by atoms with Crippen LogP contribution in [0.4, 0.5) is 0 Å². The fraction of sp³-hybridized carbons (Fsp3) is 0. The molecule has 1 heterocycles. The molecule has 0 unspecified atom stereocenters. The van der Waals surface area contributed by atoms with Gasteiger partial charge in [-0.3, -0.25) is 0 Å². The molecular formula is C50H30S. The van der Waals surface area contributed by atoms with Crippen molar-refractivity contribution in [1.29, 1.82) is 0 Å². The van der Waals surface area contributed by atoms with Crippen LogP contribution in [0.1, 0.15) is 0 Å². The van der Waals surface area contributed by atoms with Gasteiger partial charge in [0.1, 0.15) is 0 Å². The molecule has 0 saturated heterocycles. The first-order valence-electron chi connectivity index (χ1n) is 17.6. The van der Waals surface area contributed by atoms with Crippen LogP contribution in [0.15, 0.2) is 182 Å². The van der Waals surface area contributed by atoms with Gasteiger partial charge in [-0.1, -0.05) is 170 Å². The molecule has 1 heteroatoms. The van der Waals surface area contributed by atoms with Gasteiger partial charge in [-0.2, -0.15) is 0 Å². The molecule has 0 bridgehead atoms. The minimum Gasteiger partial charge on any atom is -0.134 e. The molecule has 11 aromatic rings. The Morgan fingerprint density at radius 2 is 0.647 bits per heavy atom. The maximum Gasteiger partial charge on any atom is 0.0434 e. The molecule has 0 spiro atoms. The first kappa shape index (κ1) is 28.5. The molecule has 0 aliphatic heterocycles. The summed E-state index contributed by atoms with van der Waals surface area (Å²) in [6.45, 7) is 0. The molecule has 0 aliphatic rings. The minimum atomic E-state index is 1.23. The molecular weight excluding hydrogens is 633 g/mol. The van der Waals surface area contributed by atoms with E-state index in [-0.39, 0.29) is 0 Å². The zero-order valence-electron chi connectivity index (χ0n) is 27.7. The van der Waals surface area contributed by atoms with Gasteiger partial charge in [0, 0.05) is 20.2 Å². The Bertz CT molecular complexity index is 3120. The van der Waals surface area contributed by atoms with Crippen molar-refractivity contribution in [1.82, 2.24) is 0 Å². The molecule has 0 saturated carbocycles. The topological polar surface area (TPSA) is 0 Å². The molecule has 0 fully saturated rings. The van der Waals surface area contributed by atoms with Gasteiger partial charge in [-0.05, 0) is 99.4 Å². The summed E-state index contributed by atoms with van der Waals surface area (Å²) in [6.07, 6.45) is 0. The van der Waals surface area contributed by atoms with Crippen LogP contribution >= 0.6 is 11.3 Å². The van der Waals surface area contributed by atoms with Crippen LogP contribution < -0.4 is 0 Å². The number of thiophene rings is 1. The third kappa shape index (κ3) is 4.39. The zero-order chi connectivity index (χ0) is 33.5. The lowest BCUT2D eigenvalue weighted by molar-refractivity contribution is 1.63. The number of hydrogen-bond donors (Lipinski definition) is 0. The van der Waals surface area contributed by atoms with Crippen molar-refractivity contribution in [3.05, 3.63) is 182 Å². The maximum absolute atomic E-state index is 2.36. The van der Waals surface area contributed by atoms with E-state index in [0.717, 1.165) is 0 Å². The predicted octanol–water partition coefficient (Wildman–Crippen LogP) is 14.8. The predicted molar refractivity (Wildman–Crippen MR) is 223 cm³/mol. The molecule has 11 rings (SSSR count). The van der Waals surface area contributed by atoms with Gasteiger partial charge in [0.15, 0.2) is 0 Å². The average molecular weight is 663 g/mol. The van der Waals surface area contributed by atoms with E-state index < -0.39 is 0 Å². The summed E-state index contributed by atoms with van der Waals surface area (Å²) in [6, 6.07) is 67.4.